The van der Waals surface area contributed by atoms with Gasteiger partial charge in [0.2, 0.25) is 21.8 Å². The molecular weight excluding hydrogens is 368 g/mol. The molecule has 0 spiro atoms. The molecule has 0 aromatic heterocycles. The highest BCUT2D eigenvalue weighted by Gasteiger charge is 2.34. The molecule has 8 nitrogen and oxygen atoms in total. The standard InChI is InChI=1S/C18H26N4O4S/c19-12-14-5-3-6-15(11-14)27(25,26)20-16-7-4-10-22(18(16)24)13-17(23)21-8-1-2-9-21/h3,5-6,11,16,20H,1-2,4,7-10,12-13,19H2/t16-/m0/s1. The molecule has 1 aromatic carbocycles. The van der Waals surface area contributed by atoms with Crippen molar-refractivity contribution in [3.8, 4) is 0 Å². The fraction of sp³-hybridized carbons (Fsp3) is 0.556. The van der Waals surface area contributed by atoms with Gasteiger partial charge in [-0.15, -0.1) is 0 Å². The van der Waals surface area contributed by atoms with Crippen molar-refractivity contribution in [1.29, 1.82) is 0 Å². The highest BCUT2D eigenvalue weighted by Crippen LogP contribution is 2.17. The number of piperidine rings is 1. The summed E-state index contributed by atoms with van der Waals surface area (Å²) in [6.45, 7) is 2.18. The first-order chi connectivity index (χ1) is 12.9. The first-order valence-corrected chi connectivity index (χ1v) is 10.8. The quantitative estimate of drug-likeness (QED) is 0.707. The third-order valence-corrected chi connectivity index (χ3v) is 6.53. The lowest BCUT2D eigenvalue weighted by Crippen LogP contribution is -2.54. The second-order valence-electron chi connectivity index (χ2n) is 7.02. The minimum Gasteiger partial charge on any atom is -0.341 e. The smallest absolute Gasteiger partial charge is 0.242 e. The van der Waals surface area contributed by atoms with Crippen molar-refractivity contribution in [3.05, 3.63) is 29.8 Å². The van der Waals surface area contributed by atoms with E-state index in [1.54, 1.807) is 17.0 Å². The van der Waals surface area contributed by atoms with Crippen molar-refractivity contribution >= 4 is 21.8 Å². The fourth-order valence-electron chi connectivity index (χ4n) is 3.53. The minimum atomic E-state index is -3.84. The van der Waals surface area contributed by atoms with E-state index in [4.69, 9.17) is 5.73 Å². The molecule has 148 valence electrons. The van der Waals surface area contributed by atoms with Gasteiger partial charge in [0, 0.05) is 26.2 Å². The summed E-state index contributed by atoms with van der Waals surface area (Å²) in [5.41, 5.74) is 6.27. The Bertz CT molecular complexity index is 805. The number of rotatable bonds is 6. The molecule has 0 unspecified atom stereocenters. The van der Waals surface area contributed by atoms with Crippen LogP contribution < -0.4 is 10.5 Å². The zero-order chi connectivity index (χ0) is 19.4. The van der Waals surface area contributed by atoms with Gasteiger partial charge in [0.15, 0.2) is 0 Å². The number of carbonyl (C=O) groups excluding carboxylic acids is 2. The highest BCUT2D eigenvalue weighted by atomic mass is 32.2. The first kappa shape index (κ1) is 19.8. The summed E-state index contributed by atoms with van der Waals surface area (Å²) in [5.74, 6) is -0.410. The van der Waals surface area contributed by atoms with Crippen molar-refractivity contribution in [2.45, 2.75) is 43.2 Å². The van der Waals surface area contributed by atoms with Crippen LogP contribution in [0.3, 0.4) is 0 Å². The Hall–Kier alpha value is -1.97. The number of amides is 2. The van der Waals surface area contributed by atoms with Gasteiger partial charge in [0.25, 0.3) is 0 Å². The Morgan fingerprint density at radius 3 is 2.63 bits per heavy atom. The molecule has 0 bridgehead atoms. The predicted octanol–water partition coefficient (Wildman–Crippen LogP) is 0.0370. The van der Waals surface area contributed by atoms with Gasteiger partial charge in [-0.1, -0.05) is 12.1 Å². The number of hydrogen-bond donors (Lipinski definition) is 2. The van der Waals surface area contributed by atoms with Crippen LogP contribution in [-0.2, 0) is 26.2 Å². The van der Waals surface area contributed by atoms with Gasteiger partial charge < -0.3 is 15.5 Å². The van der Waals surface area contributed by atoms with E-state index in [0.717, 1.165) is 25.9 Å². The molecule has 1 atom stereocenters. The zero-order valence-electron chi connectivity index (χ0n) is 15.3. The lowest BCUT2D eigenvalue weighted by molar-refractivity contribution is -0.142. The molecule has 2 fully saturated rings. The van der Waals surface area contributed by atoms with Crippen LogP contribution in [0.5, 0.6) is 0 Å². The number of hydrogen-bond acceptors (Lipinski definition) is 5. The average Bonchev–Trinajstić information content (AvgIpc) is 3.20. The van der Waals surface area contributed by atoms with E-state index in [2.05, 4.69) is 4.72 Å². The lowest BCUT2D eigenvalue weighted by atomic mass is 10.1. The topological polar surface area (TPSA) is 113 Å². The van der Waals surface area contributed by atoms with Crippen LogP contribution in [0.1, 0.15) is 31.2 Å². The Labute approximate surface area is 159 Å². The molecule has 2 saturated heterocycles. The van der Waals surface area contributed by atoms with Gasteiger partial charge in [-0.05, 0) is 43.4 Å². The number of benzene rings is 1. The fourth-order valence-corrected chi connectivity index (χ4v) is 4.82. The van der Waals surface area contributed by atoms with Crippen LogP contribution in [0.2, 0.25) is 0 Å². The van der Waals surface area contributed by atoms with E-state index >= 15 is 0 Å². The number of likely N-dealkylation sites (tertiary alicyclic amines) is 2. The Morgan fingerprint density at radius 2 is 1.93 bits per heavy atom. The van der Waals surface area contributed by atoms with E-state index in [1.165, 1.54) is 17.0 Å². The van der Waals surface area contributed by atoms with E-state index < -0.39 is 16.1 Å². The summed E-state index contributed by atoms with van der Waals surface area (Å²) < 4.78 is 27.8. The summed E-state index contributed by atoms with van der Waals surface area (Å²) in [6.07, 6.45) is 3.05. The first-order valence-electron chi connectivity index (χ1n) is 9.28. The van der Waals surface area contributed by atoms with Gasteiger partial charge in [-0.2, -0.15) is 4.72 Å². The third-order valence-electron chi connectivity index (χ3n) is 5.06. The van der Waals surface area contributed by atoms with Crippen molar-refractivity contribution < 1.29 is 18.0 Å². The summed E-state index contributed by atoms with van der Waals surface area (Å²) >= 11 is 0. The number of sulfonamides is 1. The molecule has 0 radical (unpaired) electrons. The third kappa shape index (κ3) is 4.66. The number of carbonyl (C=O) groups is 2. The lowest BCUT2D eigenvalue weighted by Gasteiger charge is -2.33. The van der Waals surface area contributed by atoms with Gasteiger partial charge >= 0.3 is 0 Å². The van der Waals surface area contributed by atoms with E-state index in [0.29, 0.717) is 24.9 Å². The second kappa shape index (κ2) is 8.37. The maximum Gasteiger partial charge on any atom is 0.242 e. The predicted molar refractivity (Wildman–Crippen MR) is 100 cm³/mol. The molecule has 3 rings (SSSR count). The minimum absolute atomic E-state index is 0.0136. The largest absolute Gasteiger partial charge is 0.341 e. The molecule has 27 heavy (non-hydrogen) atoms. The van der Waals surface area contributed by atoms with Crippen LogP contribution in [0.25, 0.3) is 0 Å². The van der Waals surface area contributed by atoms with Gasteiger partial charge in [-0.25, -0.2) is 8.42 Å². The average molecular weight is 394 g/mol. The SMILES string of the molecule is NCc1cccc(S(=O)(=O)N[C@H]2CCCN(CC(=O)N3CCCC3)C2=O)c1. The molecule has 2 amide bonds. The second-order valence-corrected chi connectivity index (χ2v) is 8.73. The molecule has 0 saturated carbocycles. The maximum absolute atomic E-state index is 12.7. The van der Waals surface area contributed by atoms with Crippen LogP contribution in [0.4, 0.5) is 0 Å². The van der Waals surface area contributed by atoms with Crippen LogP contribution in [0, 0.1) is 0 Å². The van der Waals surface area contributed by atoms with Crippen molar-refractivity contribution in [2.24, 2.45) is 5.73 Å². The summed E-state index contributed by atoms with van der Waals surface area (Å²) in [7, 11) is -3.84. The normalized spacial score (nSPS) is 20.9. The van der Waals surface area contributed by atoms with Crippen LogP contribution in [-0.4, -0.2) is 62.3 Å². The molecule has 2 aliphatic heterocycles. The van der Waals surface area contributed by atoms with Crippen molar-refractivity contribution in [2.75, 3.05) is 26.2 Å². The Balaban J connectivity index is 1.67. The molecule has 3 N–H and O–H groups in total. The molecule has 2 heterocycles. The van der Waals surface area contributed by atoms with E-state index in [1.807, 2.05) is 0 Å². The van der Waals surface area contributed by atoms with Crippen LogP contribution in [0.15, 0.2) is 29.2 Å². The van der Waals surface area contributed by atoms with Gasteiger partial charge in [-0.3, -0.25) is 9.59 Å². The summed E-state index contributed by atoms with van der Waals surface area (Å²) in [5, 5.41) is 0. The summed E-state index contributed by atoms with van der Waals surface area (Å²) in [4.78, 5) is 28.4. The number of nitrogens with zero attached hydrogens (tertiary/aromatic N) is 2. The molecule has 9 heteroatoms. The molecular formula is C18H26N4O4S. The van der Waals surface area contributed by atoms with E-state index in [9.17, 15) is 18.0 Å². The zero-order valence-corrected chi connectivity index (χ0v) is 16.1. The maximum atomic E-state index is 12.7. The molecule has 0 aliphatic carbocycles. The van der Waals surface area contributed by atoms with Gasteiger partial charge in [0.1, 0.15) is 6.04 Å². The molecule has 2 aliphatic rings. The monoisotopic (exact) mass is 394 g/mol. The van der Waals surface area contributed by atoms with Crippen molar-refractivity contribution in [1.82, 2.24) is 14.5 Å². The van der Waals surface area contributed by atoms with E-state index in [-0.39, 0.29) is 29.8 Å². The number of nitrogens with one attached hydrogen (secondary N) is 1. The summed E-state index contributed by atoms with van der Waals surface area (Å²) in [6, 6.07) is 5.50. The van der Waals surface area contributed by atoms with Crippen LogP contribution >= 0.6 is 0 Å². The highest BCUT2D eigenvalue weighted by molar-refractivity contribution is 7.89. The Kier molecular flexibility index (Phi) is 6.13. The number of nitrogens with two attached hydrogens (primary N) is 1. The van der Waals surface area contributed by atoms with Gasteiger partial charge in [0.05, 0.1) is 11.4 Å². The van der Waals surface area contributed by atoms with Crippen molar-refractivity contribution in [3.63, 3.8) is 0 Å². The molecule has 1 aromatic rings. The Morgan fingerprint density at radius 1 is 1.19 bits per heavy atom.